The molecule has 2 rings (SSSR count). The van der Waals surface area contributed by atoms with E-state index in [1.165, 1.54) is 6.07 Å². The zero-order valence-corrected chi connectivity index (χ0v) is 12.3. The SMILES string of the molecule is N#Cc1ccc(S(=O)(=O)N2CCCC2CN)cc1C(F)(F)F. The second kappa shape index (κ2) is 5.87. The van der Waals surface area contributed by atoms with Crippen LogP contribution in [-0.2, 0) is 16.2 Å². The first-order valence-electron chi connectivity index (χ1n) is 6.55. The Morgan fingerprint density at radius 2 is 2.09 bits per heavy atom. The lowest BCUT2D eigenvalue weighted by molar-refractivity contribution is -0.137. The van der Waals surface area contributed by atoms with E-state index >= 15 is 0 Å². The molecule has 0 amide bonds. The van der Waals surface area contributed by atoms with Crippen LogP contribution < -0.4 is 5.73 Å². The molecule has 9 heteroatoms. The summed E-state index contributed by atoms with van der Waals surface area (Å²) in [6, 6.07) is 3.43. The summed E-state index contributed by atoms with van der Waals surface area (Å²) in [7, 11) is -4.06. The molecule has 1 atom stereocenters. The van der Waals surface area contributed by atoms with Crippen molar-refractivity contribution in [3.63, 3.8) is 0 Å². The molecule has 5 nitrogen and oxygen atoms in total. The van der Waals surface area contributed by atoms with Gasteiger partial charge in [0.25, 0.3) is 0 Å². The largest absolute Gasteiger partial charge is 0.417 e. The summed E-state index contributed by atoms with van der Waals surface area (Å²) in [5.74, 6) is 0. The van der Waals surface area contributed by atoms with Crippen molar-refractivity contribution < 1.29 is 21.6 Å². The lowest BCUT2D eigenvalue weighted by atomic mass is 10.1. The van der Waals surface area contributed by atoms with Crippen LogP contribution in [0.5, 0.6) is 0 Å². The molecule has 1 saturated heterocycles. The smallest absolute Gasteiger partial charge is 0.329 e. The Morgan fingerprint density at radius 3 is 2.64 bits per heavy atom. The minimum Gasteiger partial charge on any atom is -0.329 e. The monoisotopic (exact) mass is 333 g/mol. The second-order valence-corrected chi connectivity index (χ2v) is 6.86. The van der Waals surface area contributed by atoms with Crippen LogP contribution in [-0.4, -0.2) is 31.9 Å². The van der Waals surface area contributed by atoms with Crippen molar-refractivity contribution in [2.45, 2.75) is 30.0 Å². The number of hydrogen-bond acceptors (Lipinski definition) is 4. The Balaban J connectivity index is 2.51. The van der Waals surface area contributed by atoms with Gasteiger partial charge in [-0.25, -0.2) is 8.42 Å². The maximum atomic E-state index is 12.9. The number of hydrogen-bond donors (Lipinski definition) is 1. The summed E-state index contributed by atoms with van der Waals surface area (Å²) in [5.41, 5.74) is 3.66. The molecule has 1 aromatic rings. The van der Waals surface area contributed by atoms with Crippen molar-refractivity contribution in [3.8, 4) is 6.07 Å². The third-order valence-corrected chi connectivity index (χ3v) is 5.57. The van der Waals surface area contributed by atoms with Gasteiger partial charge in [-0.05, 0) is 31.0 Å². The number of benzene rings is 1. The molecule has 2 N–H and O–H groups in total. The Hall–Kier alpha value is -1.63. The molecule has 0 saturated carbocycles. The Labute approximate surface area is 126 Å². The van der Waals surface area contributed by atoms with Gasteiger partial charge in [-0.15, -0.1) is 0 Å². The van der Waals surface area contributed by atoms with Gasteiger partial charge in [-0.2, -0.15) is 22.7 Å². The zero-order valence-electron chi connectivity index (χ0n) is 11.5. The Kier molecular flexibility index (Phi) is 4.47. The van der Waals surface area contributed by atoms with Crippen LogP contribution in [0.3, 0.4) is 0 Å². The molecular formula is C13H14F3N3O2S. The molecule has 0 radical (unpaired) electrons. The highest BCUT2D eigenvalue weighted by Gasteiger charge is 2.38. The molecule has 0 aromatic heterocycles. The van der Waals surface area contributed by atoms with Crippen LogP contribution in [0.2, 0.25) is 0 Å². The number of nitriles is 1. The van der Waals surface area contributed by atoms with Crippen LogP contribution >= 0.6 is 0 Å². The minimum absolute atomic E-state index is 0.113. The van der Waals surface area contributed by atoms with Crippen LogP contribution in [0.15, 0.2) is 23.1 Å². The van der Waals surface area contributed by atoms with E-state index in [-0.39, 0.29) is 13.1 Å². The average Bonchev–Trinajstić information content (AvgIpc) is 2.94. The highest BCUT2D eigenvalue weighted by atomic mass is 32.2. The van der Waals surface area contributed by atoms with Crippen LogP contribution in [0.1, 0.15) is 24.0 Å². The maximum absolute atomic E-state index is 12.9. The van der Waals surface area contributed by atoms with Crippen molar-refractivity contribution in [2.24, 2.45) is 5.73 Å². The highest BCUT2D eigenvalue weighted by molar-refractivity contribution is 7.89. The number of nitrogens with two attached hydrogens (primary N) is 1. The molecule has 1 aliphatic rings. The van der Waals surface area contributed by atoms with Gasteiger partial charge in [0.1, 0.15) is 0 Å². The summed E-state index contributed by atoms with van der Waals surface area (Å²) in [6.07, 6.45) is -3.60. The molecule has 1 aliphatic heterocycles. The van der Waals surface area contributed by atoms with Crippen LogP contribution in [0.25, 0.3) is 0 Å². The summed E-state index contributed by atoms with van der Waals surface area (Å²) in [4.78, 5) is -0.473. The van der Waals surface area contributed by atoms with E-state index in [4.69, 9.17) is 11.0 Å². The maximum Gasteiger partial charge on any atom is 0.417 e. The van der Waals surface area contributed by atoms with Gasteiger partial charge in [-0.1, -0.05) is 0 Å². The Morgan fingerprint density at radius 1 is 1.41 bits per heavy atom. The standard InChI is InChI=1S/C13H14F3N3O2S/c14-13(15,16)12-6-11(4-3-9(12)7-17)22(20,21)19-5-1-2-10(19)8-18/h3-4,6,10H,1-2,5,8,18H2. The second-order valence-electron chi connectivity index (χ2n) is 4.96. The fourth-order valence-corrected chi connectivity index (χ4v) is 4.24. The Bertz CT molecular complexity index is 710. The topological polar surface area (TPSA) is 87.2 Å². The van der Waals surface area contributed by atoms with E-state index in [1.807, 2.05) is 0 Å². The van der Waals surface area contributed by atoms with E-state index in [0.717, 1.165) is 16.4 Å². The van der Waals surface area contributed by atoms with Gasteiger partial charge in [0.05, 0.1) is 22.1 Å². The van der Waals surface area contributed by atoms with Gasteiger partial charge in [-0.3, -0.25) is 0 Å². The first kappa shape index (κ1) is 16.7. The number of nitrogens with zero attached hydrogens (tertiary/aromatic N) is 2. The first-order chi connectivity index (χ1) is 10.2. The van der Waals surface area contributed by atoms with Crippen molar-refractivity contribution in [1.29, 1.82) is 5.26 Å². The van der Waals surface area contributed by atoms with E-state index in [0.29, 0.717) is 18.9 Å². The number of sulfonamides is 1. The van der Waals surface area contributed by atoms with Gasteiger partial charge in [0, 0.05) is 19.1 Å². The van der Waals surface area contributed by atoms with Crippen molar-refractivity contribution in [1.82, 2.24) is 4.31 Å². The number of halogens is 3. The molecule has 1 heterocycles. The zero-order chi connectivity index (χ0) is 16.5. The van der Waals surface area contributed by atoms with Crippen LogP contribution in [0.4, 0.5) is 13.2 Å². The van der Waals surface area contributed by atoms with E-state index in [9.17, 15) is 21.6 Å². The van der Waals surface area contributed by atoms with E-state index < -0.39 is 38.3 Å². The molecular weight excluding hydrogens is 319 g/mol. The fraction of sp³-hybridized carbons (Fsp3) is 0.462. The molecule has 1 aromatic carbocycles. The number of alkyl halides is 3. The predicted octanol–water partition coefficient (Wildman–Crippen LogP) is 1.69. The van der Waals surface area contributed by atoms with Gasteiger partial charge >= 0.3 is 6.18 Å². The van der Waals surface area contributed by atoms with E-state index in [2.05, 4.69) is 0 Å². The highest BCUT2D eigenvalue weighted by Crippen LogP contribution is 2.34. The minimum atomic E-state index is -4.80. The summed E-state index contributed by atoms with van der Waals surface area (Å²) < 4.78 is 65.0. The van der Waals surface area contributed by atoms with Crippen molar-refractivity contribution in [3.05, 3.63) is 29.3 Å². The van der Waals surface area contributed by atoms with Gasteiger partial charge in [0.2, 0.25) is 10.0 Å². The quantitative estimate of drug-likeness (QED) is 0.912. The molecule has 1 fully saturated rings. The lowest BCUT2D eigenvalue weighted by Crippen LogP contribution is -2.39. The first-order valence-corrected chi connectivity index (χ1v) is 7.99. The summed E-state index contributed by atoms with van der Waals surface area (Å²) in [5, 5.41) is 8.74. The van der Waals surface area contributed by atoms with Gasteiger partial charge < -0.3 is 5.73 Å². The molecule has 22 heavy (non-hydrogen) atoms. The summed E-state index contributed by atoms with van der Waals surface area (Å²) >= 11 is 0. The molecule has 0 bridgehead atoms. The summed E-state index contributed by atoms with van der Waals surface area (Å²) in [6.45, 7) is 0.340. The average molecular weight is 333 g/mol. The molecule has 0 spiro atoms. The molecule has 120 valence electrons. The normalized spacial score (nSPS) is 20.0. The van der Waals surface area contributed by atoms with Gasteiger partial charge in [0.15, 0.2) is 0 Å². The third kappa shape index (κ3) is 2.95. The number of rotatable bonds is 3. The van der Waals surface area contributed by atoms with Crippen molar-refractivity contribution in [2.75, 3.05) is 13.1 Å². The molecule has 0 aliphatic carbocycles. The van der Waals surface area contributed by atoms with Crippen molar-refractivity contribution >= 4 is 10.0 Å². The predicted molar refractivity (Wildman–Crippen MR) is 72.1 cm³/mol. The third-order valence-electron chi connectivity index (χ3n) is 3.62. The van der Waals surface area contributed by atoms with E-state index in [1.54, 1.807) is 0 Å². The van der Waals surface area contributed by atoms with Crippen LogP contribution in [0, 0.1) is 11.3 Å². The molecule has 1 unspecified atom stereocenters. The fourth-order valence-electron chi connectivity index (χ4n) is 2.51. The lowest BCUT2D eigenvalue weighted by Gasteiger charge is -2.23.